The molecule has 2 atom stereocenters. The van der Waals surface area contributed by atoms with Gasteiger partial charge in [0.1, 0.15) is 16.8 Å². The van der Waals surface area contributed by atoms with Crippen molar-refractivity contribution in [3.05, 3.63) is 82.4 Å². The normalized spacial score (nSPS) is 17.9. The van der Waals surface area contributed by atoms with Crippen molar-refractivity contribution < 1.29 is 23.1 Å². The number of methoxy groups -OCH3 is 1. The van der Waals surface area contributed by atoms with E-state index in [4.69, 9.17) is 4.74 Å². The molecule has 0 saturated carbocycles. The van der Waals surface area contributed by atoms with E-state index in [0.717, 1.165) is 33.3 Å². The molecule has 1 aromatic heterocycles. The molecule has 2 heterocycles. The lowest BCUT2D eigenvalue weighted by Crippen LogP contribution is -2.33. The first-order valence-electron chi connectivity index (χ1n) is 12.8. The Morgan fingerprint density at radius 3 is 2.67 bits per heavy atom. The van der Waals surface area contributed by atoms with E-state index in [9.17, 15) is 18.3 Å². The average molecular weight is 549 g/mol. The summed E-state index contributed by atoms with van der Waals surface area (Å²) in [6, 6.07) is 16.7. The van der Waals surface area contributed by atoms with E-state index >= 15 is 0 Å². The molecule has 10 heteroatoms. The molecule has 9 nitrogen and oxygen atoms in total. The van der Waals surface area contributed by atoms with Gasteiger partial charge in [0.2, 0.25) is 10.0 Å². The number of aromatic nitrogens is 3. The van der Waals surface area contributed by atoms with Gasteiger partial charge in [0, 0.05) is 26.1 Å². The van der Waals surface area contributed by atoms with E-state index in [1.807, 2.05) is 49.4 Å². The van der Waals surface area contributed by atoms with Crippen LogP contribution < -0.4 is 4.74 Å². The molecule has 4 aromatic rings. The summed E-state index contributed by atoms with van der Waals surface area (Å²) in [5.41, 5.74) is 5.47. The summed E-state index contributed by atoms with van der Waals surface area (Å²) in [6.45, 7) is 4.61. The molecule has 0 aliphatic carbocycles. The van der Waals surface area contributed by atoms with Crippen molar-refractivity contribution in [1.82, 2.24) is 19.3 Å². The number of carboxylic acids is 1. The lowest BCUT2D eigenvalue weighted by Gasteiger charge is -2.24. The molecule has 39 heavy (non-hydrogen) atoms. The SMILES string of the molecule is COc1cc([C@@H](CC(=O)O)c2ccc(C)c(CN3C[C@H](C)Cc4ccccc4S3(=O)=O)c2)cc2nnn(C)c12. The first kappa shape index (κ1) is 26.8. The molecule has 0 bridgehead atoms. The Bertz CT molecular complexity index is 1660. The number of hydrogen-bond donors (Lipinski definition) is 1. The quantitative estimate of drug-likeness (QED) is 0.367. The Morgan fingerprint density at radius 2 is 1.92 bits per heavy atom. The molecule has 3 aromatic carbocycles. The fraction of sp³-hybridized carbons (Fsp3) is 0.345. The summed E-state index contributed by atoms with van der Waals surface area (Å²) in [5.74, 6) is -0.734. The molecule has 5 rings (SSSR count). The van der Waals surface area contributed by atoms with Crippen LogP contribution in [-0.4, -0.2) is 52.4 Å². The predicted molar refractivity (Wildman–Crippen MR) is 147 cm³/mol. The Morgan fingerprint density at radius 1 is 1.15 bits per heavy atom. The zero-order chi connectivity index (χ0) is 27.9. The molecule has 0 amide bonds. The number of nitrogens with zero attached hydrogens (tertiary/aromatic N) is 4. The molecule has 204 valence electrons. The Balaban J connectivity index is 1.56. The van der Waals surface area contributed by atoms with Gasteiger partial charge in [0.15, 0.2) is 0 Å². The van der Waals surface area contributed by atoms with E-state index in [0.29, 0.717) is 29.1 Å². The first-order chi connectivity index (χ1) is 18.6. The number of carbonyl (C=O) groups is 1. The smallest absolute Gasteiger partial charge is 0.304 e. The standard InChI is InChI=1S/C29H32N4O5S/c1-18-11-21-7-5-6-8-27(21)39(36,37)33(16-18)17-23-12-20(10-9-19(23)2)24(15-28(34)35)22-13-25-29(26(14-22)38-4)32(3)31-30-25/h5-10,12-14,18,24H,11,15-17H2,1-4H3,(H,34,35)/t18-,24+/m1/s1. The minimum absolute atomic E-state index is 0.149. The highest BCUT2D eigenvalue weighted by Gasteiger charge is 2.32. The number of aryl methyl sites for hydroxylation is 2. The van der Waals surface area contributed by atoms with Crippen LogP contribution in [-0.2, 0) is 34.8 Å². The van der Waals surface area contributed by atoms with Crippen LogP contribution in [0.1, 0.15) is 47.1 Å². The van der Waals surface area contributed by atoms with Crippen LogP contribution >= 0.6 is 0 Å². The topological polar surface area (TPSA) is 115 Å². The van der Waals surface area contributed by atoms with Crippen LogP contribution in [0.4, 0.5) is 0 Å². The molecule has 0 spiro atoms. The van der Waals surface area contributed by atoms with Crippen molar-refractivity contribution >= 4 is 27.0 Å². The van der Waals surface area contributed by atoms with Crippen molar-refractivity contribution in [2.45, 2.75) is 44.0 Å². The molecule has 0 unspecified atom stereocenters. The fourth-order valence-corrected chi connectivity index (χ4v) is 7.27. The average Bonchev–Trinajstić information content (AvgIpc) is 3.24. The summed E-state index contributed by atoms with van der Waals surface area (Å²) in [5, 5.41) is 18.1. The molecule has 1 aliphatic heterocycles. The number of carboxylic acid groups (broad SMARTS) is 1. The maximum Gasteiger partial charge on any atom is 0.304 e. The minimum atomic E-state index is -3.70. The van der Waals surface area contributed by atoms with Gasteiger partial charge in [-0.15, -0.1) is 5.10 Å². The highest BCUT2D eigenvalue weighted by molar-refractivity contribution is 7.89. The Labute approximate surface area is 228 Å². The molecule has 1 N–H and O–H groups in total. The predicted octanol–water partition coefficient (Wildman–Crippen LogP) is 4.28. The second-order valence-electron chi connectivity index (χ2n) is 10.4. The molecular weight excluding hydrogens is 516 g/mol. The zero-order valence-corrected chi connectivity index (χ0v) is 23.3. The van der Waals surface area contributed by atoms with Gasteiger partial charge in [-0.3, -0.25) is 4.79 Å². The minimum Gasteiger partial charge on any atom is -0.494 e. The maximum absolute atomic E-state index is 13.7. The number of ether oxygens (including phenoxy) is 1. The van der Waals surface area contributed by atoms with Gasteiger partial charge in [0.25, 0.3) is 0 Å². The zero-order valence-electron chi connectivity index (χ0n) is 22.5. The largest absolute Gasteiger partial charge is 0.494 e. The van der Waals surface area contributed by atoms with Gasteiger partial charge in [-0.1, -0.05) is 48.5 Å². The van der Waals surface area contributed by atoms with Crippen LogP contribution in [0, 0.1) is 12.8 Å². The summed E-state index contributed by atoms with van der Waals surface area (Å²) >= 11 is 0. The Kier molecular flexibility index (Phi) is 7.17. The van der Waals surface area contributed by atoms with Crippen molar-refractivity contribution in [2.75, 3.05) is 13.7 Å². The molecule has 1 aliphatic rings. The van der Waals surface area contributed by atoms with Crippen LogP contribution in [0.5, 0.6) is 5.75 Å². The lowest BCUT2D eigenvalue weighted by molar-refractivity contribution is -0.137. The molecule has 0 fully saturated rings. The number of aliphatic carboxylic acids is 1. The number of sulfonamides is 1. The van der Waals surface area contributed by atoms with Crippen LogP contribution in [0.2, 0.25) is 0 Å². The number of benzene rings is 3. The van der Waals surface area contributed by atoms with Crippen molar-refractivity contribution in [2.24, 2.45) is 13.0 Å². The summed E-state index contributed by atoms with van der Waals surface area (Å²) in [6.07, 6.45) is 0.544. The molecule has 0 radical (unpaired) electrons. The van der Waals surface area contributed by atoms with Gasteiger partial charge in [-0.05, 0) is 65.3 Å². The van der Waals surface area contributed by atoms with Crippen molar-refractivity contribution in [3.8, 4) is 5.75 Å². The summed E-state index contributed by atoms with van der Waals surface area (Å²) < 4.78 is 36.1. The fourth-order valence-electron chi connectivity index (χ4n) is 5.50. The van der Waals surface area contributed by atoms with Gasteiger partial charge in [-0.2, -0.15) is 4.31 Å². The second kappa shape index (κ2) is 10.4. The van der Waals surface area contributed by atoms with Gasteiger partial charge < -0.3 is 9.84 Å². The highest BCUT2D eigenvalue weighted by Crippen LogP contribution is 2.36. The van der Waals surface area contributed by atoms with E-state index in [2.05, 4.69) is 17.2 Å². The number of rotatable bonds is 7. The highest BCUT2D eigenvalue weighted by atomic mass is 32.2. The number of hydrogen-bond acceptors (Lipinski definition) is 6. The van der Waals surface area contributed by atoms with Crippen LogP contribution in [0.25, 0.3) is 11.0 Å². The third-order valence-electron chi connectivity index (χ3n) is 7.48. The van der Waals surface area contributed by atoms with Gasteiger partial charge >= 0.3 is 5.97 Å². The van der Waals surface area contributed by atoms with E-state index < -0.39 is 21.9 Å². The van der Waals surface area contributed by atoms with Gasteiger partial charge in [-0.25, -0.2) is 13.1 Å². The molecule has 0 saturated heterocycles. The third kappa shape index (κ3) is 5.14. The number of fused-ring (bicyclic) bond motifs is 2. The van der Waals surface area contributed by atoms with Crippen molar-refractivity contribution in [3.63, 3.8) is 0 Å². The van der Waals surface area contributed by atoms with Crippen molar-refractivity contribution in [1.29, 1.82) is 0 Å². The van der Waals surface area contributed by atoms with Crippen LogP contribution in [0.15, 0.2) is 59.5 Å². The van der Waals surface area contributed by atoms with E-state index in [1.54, 1.807) is 35.3 Å². The molecular formula is C29H32N4O5S. The van der Waals surface area contributed by atoms with Crippen LogP contribution in [0.3, 0.4) is 0 Å². The van der Waals surface area contributed by atoms with E-state index in [-0.39, 0.29) is 18.9 Å². The second-order valence-corrected chi connectivity index (χ2v) is 12.3. The summed E-state index contributed by atoms with van der Waals surface area (Å²) in [7, 11) is -0.367. The monoisotopic (exact) mass is 548 g/mol. The van der Waals surface area contributed by atoms with Gasteiger partial charge in [0.05, 0.1) is 18.4 Å². The third-order valence-corrected chi connectivity index (χ3v) is 9.40. The van der Waals surface area contributed by atoms with E-state index in [1.165, 1.54) is 0 Å². The summed E-state index contributed by atoms with van der Waals surface area (Å²) in [4.78, 5) is 12.3. The Hall–Kier alpha value is -3.76. The first-order valence-corrected chi connectivity index (χ1v) is 14.3. The maximum atomic E-state index is 13.7. The lowest BCUT2D eigenvalue weighted by atomic mass is 9.86.